The third-order valence-corrected chi connectivity index (χ3v) is 4.90. The van der Waals surface area contributed by atoms with Gasteiger partial charge in [-0.05, 0) is 61.2 Å². The summed E-state index contributed by atoms with van der Waals surface area (Å²) >= 11 is 0. The molecular weight excluding hydrogens is 397 g/mol. The summed E-state index contributed by atoms with van der Waals surface area (Å²) in [6, 6.07) is 7.67. The zero-order chi connectivity index (χ0) is 21.9. The highest BCUT2D eigenvalue weighted by Gasteiger charge is 2.20. The number of hydrogen-bond donors (Lipinski definition) is 4. The molecule has 2 aromatic carbocycles. The fourth-order valence-corrected chi connectivity index (χ4v) is 3.26. The molecule has 4 N–H and O–H groups in total. The SMILES string of the molecule is CC(O)(CO)CNC(=O)CCCc1c(-c2ccc(F)cc2)[nH]c2c(F)cc(F)cc12. The quantitative estimate of drug-likeness (QED) is 0.450. The van der Waals surface area contributed by atoms with E-state index in [9.17, 15) is 23.1 Å². The molecule has 5 nitrogen and oxygen atoms in total. The van der Waals surface area contributed by atoms with Gasteiger partial charge in [-0.1, -0.05) is 0 Å². The Morgan fingerprint density at radius 2 is 1.83 bits per heavy atom. The summed E-state index contributed by atoms with van der Waals surface area (Å²) in [6.07, 6.45) is 0.848. The van der Waals surface area contributed by atoms with Crippen LogP contribution in [0.15, 0.2) is 36.4 Å². The standard InChI is InChI=1S/C22H23F3N2O3/c1-22(30,12-28)11-26-19(29)4-2-3-16-17-9-15(24)10-18(25)21(17)27-20(16)13-5-7-14(23)8-6-13/h5-10,27-28,30H,2-4,11-12H2,1H3,(H,26,29). The number of halogens is 3. The number of hydrogen-bond acceptors (Lipinski definition) is 3. The van der Waals surface area contributed by atoms with Crippen molar-refractivity contribution in [2.24, 2.45) is 0 Å². The predicted molar refractivity (Wildman–Crippen MR) is 107 cm³/mol. The zero-order valence-corrected chi connectivity index (χ0v) is 16.4. The van der Waals surface area contributed by atoms with Gasteiger partial charge in [-0.3, -0.25) is 4.79 Å². The van der Waals surface area contributed by atoms with Gasteiger partial charge in [0, 0.05) is 30.1 Å². The van der Waals surface area contributed by atoms with Crippen molar-refractivity contribution in [1.29, 1.82) is 0 Å². The van der Waals surface area contributed by atoms with Crippen LogP contribution in [0.2, 0.25) is 0 Å². The number of amides is 1. The van der Waals surface area contributed by atoms with Crippen molar-refractivity contribution in [1.82, 2.24) is 10.3 Å². The van der Waals surface area contributed by atoms with Crippen molar-refractivity contribution in [2.45, 2.75) is 31.8 Å². The van der Waals surface area contributed by atoms with Gasteiger partial charge in [-0.15, -0.1) is 0 Å². The van der Waals surface area contributed by atoms with E-state index in [0.29, 0.717) is 35.0 Å². The Hall–Kier alpha value is -2.84. The van der Waals surface area contributed by atoms with Gasteiger partial charge < -0.3 is 20.5 Å². The van der Waals surface area contributed by atoms with Crippen LogP contribution in [0.1, 0.15) is 25.3 Å². The minimum atomic E-state index is -1.41. The highest BCUT2D eigenvalue weighted by molar-refractivity contribution is 5.91. The number of benzene rings is 2. The van der Waals surface area contributed by atoms with E-state index in [4.69, 9.17) is 5.11 Å². The lowest BCUT2D eigenvalue weighted by atomic mass is 10.00. The Labute approximate surface area is 171 Å². The molecule has 3 rings (SSSR count). The lowest BCUT2D eigenvalue weighted by Gasteiger charge is -2.20. The molecule has 0 radical (unpaired) electrons. The maximum atomic E-state index is 14.3. The van der Waals surface area contributed by atoms with Crippen LogP contribution in [0.5, 0.6) is 0 Å². The second-order valence-electron chi connectivity index (χ2n) is 7.58. The van der Waals surface area contributed by atoms with Crippen LogP contribution < -0.4 is 5.32 Å². The Morgan fingerprint density at radius 3 is 2.50 bits per heavy atom. The molecule has 1 atom stereocenters. The Kier molecular flexibility index (Phi) is 6.48. The van der Waals surface area contributed by atoms with Crippen LogP contribution in [-0.2, 0) is 11.2 Å². The van der Waals surface area contributed by atoms with Gasteiger partial charge in [0.1, 0.15) is 23.1 Å². The van der Waals surface area contributed by atoms with Gasteiger partial charge in [0.2, 0.25) is 5.91 Å². The number of aliphatic hydroxyl groups is 2. The number of aryl methyl sites for hydroxylation is 1. The summed E-state index contributed by atoms with van der Waals surface area (Å²) in [7, 11) is 0. The topological polar surface area (TPSA) is 85.3 Å². The summed E-state index contributed by atoms with van der Waals surface area (Å²) in [5.74, 6) is -2.17. The molecule has 30 heavy (non-hydrogen) atoms. The molecule has 0 aliphatic rings. The Bertz CT molecular complexity index is 1050. The molecule has 160 valence electrons. The van der Waals surface area contributed by atoms with E-state index in [2.05, 4.69) is 10.3 Å². The second kappa shape index (κ2) is 8.89. The molecule has 0 aliphatic heterocycles. The molecule has 0 fully saturated rings. The Morgan fingerprint density at radius 1 is 1.13 bits per heavy atom. The number of H-pyrrole nitrogens is 1. The van der Waals surface area contributed by atoms with Crippen molar-refractivity contribution in [3.63, 3.8) is 0 Å². The molecule has 1 heterocycles. The summed E-state index contributed by atoms with van der Waals surface area (Å²) in [5.41, 5.74) is 0.528. The van der Waals surface area contributed by atoms with Gasteiger partial charge in [-0.2, -0.15) is 0 Å². The average molecular weight is 420 g/mol. The van der Waals surface area contributed by atoms with Crippen LogP contribution >= 0.6 is 0 Å². The molecule has 0 aliphatic carbocycles. The van der Waals surface area contributed by atoms with E-state index in [-0.39, 0.29) is 24.4 Å². The fourth-order valence-electron chi connectivity index (χ4n) is 3.26. The van der Waals surface area contributed by atoms with E-state index < -0.39 is 29.7 Å². The monoisotopic (exact) mass is 420 g/mol. The van der Waals surface area contributed by atoms with Crippen molar-refractivity contribution < 1.29 is 28.2 Å². The van der Waals surface area contributed by atoms with Gasteiger partial charge in [-0.25, -0.2) is 13.2 Å². The van der Waals surface area contributed by atoms with Crippen LogP contribution in [0.4, 0.5) is 13.2 Å². The van der Waals surface area contributed by atoms with E-state index in [0.717, 1.165) is 6.07 Å². The number of aromatic amines is 1. The van der Waals surface area contributed by atoms with Gasteiger partial charge in [0.15, 0.2) is 0 Å². The van der Waals surface area contributed by atoms with Gasteiger partial charge in [0.05, 0.1) is 12.1 Å². The summed E-state index contributed by atoms with van der Waals surface area (Å²) in [4.78, 5) is 15.0. The zero-order valence-electron chi connectivity index (χ0n) is 16.4. The van der Waals surface area contributed by atoms with Gasteiger partial charge in [0.25, 0.3) is 0 Å². The summed E-state index contributed by atoms with van der Waals surface area (Å²) in [6.45, 7) is 0.824. The first-order valence-corrected chi connectivity index (χ1v) is 9.55. The van der Waals surface area contributed by atoms with E-state index in [1.165, 1.54) is 25.1 Å². The average Bonchev–Trinajstić information content (AvgIpc) is 3.06. The predicted octanol–water partition coefficient (Wildman–Crippen LogP) is 3.43. The number of nitrogens with one attached hydrogen (secondary N) is 2. The number of carbonyl (C=O) groups excluding carboxylic acids is 1. The van der Waals surface area contributed by atoms with Crippen molar-refractivity contribution in [3.8, 4) is 11.3 Å². The molecule has 1 aromatic heterocycles. The largest absolute Gasteiger partial charge is 0.393 e. The normalized spacial score (nSPS) is 13.4. The highest BCUT2D eigenvalue weighted by Crippen LogP contribution is 2.33. The minimum Gasteiger partial charge on any atom is -0.393 e. The first-order chi connectivity index (χ1) is 14.2. The van der Waals surface area contributed by atoms with E-state index >= 15 is 0 Å². The third-order valence-electron chi connectivity index (χ3n) is 4.90. The molecule has 8 heteroatoms. The molecule has 0 spiro atoms. The lowest BCUT2D eigenvalue weighted by molar-refractivity contribution is -0.122. The number of aliphatic hydroxyl groups excluding tert-OH is 1. The number of fused-ring (bicyclic) bond motifs is 1. The molecule has 0 saturated heterocycles. The summed E-state index contributed by atoms with van der Waals surface area (Å²) < 4.78 is 41.4. The third kappa shape index (κ3) is 5.01. The van der Waals surface area contributed by atoms with E-state index in [1.54, 1.807) is 12.1 Å². The smallest absolute Gasteiger partial charge is 0.220 e. The maximum absolute atomic E-state index is 14.3. The highest BCUT2D eigenvalue weighted by atomic mass is 19.1. The number of aromatic nitrogens is 1. The molecule has 0 saturated carbocycles. The second-order valence-corrected chi connectivity index (χ2v) is 7.58. The fraction of sp³-hybridized carbons (Fsp3) is 0.318. The molecule has 1 amide bonds. The van der Waals surface area contributed by atoms with E-state index in [1.807, 2.05) is 0 Å². The molecule has 1 unspecified atom stereocenters. The number of carbonyl (C=O) groups is 1. The minimum absolute atomic E-state index is 0.0906. The van der Waals surface area contributed by atoms with Crippen LogP contribution in [0, 0.1) is 17.5 Å². The Balaban J connectivity index is 1.82. The van der Waals surface area contributed by atoms with Crippen molar-refractivity contribution in [3.05, 3.63) is 59.4 Å². The molecular formula is C22H23F3N2O3. The lowest BCUT2D eigenvalue weighted by Crippen LogP contribution is -2.43. The first kappa shape index (κ1) is 21.9. The van der Waals surface area contributed by atoms with Crippen molar-refractivity contribution in [2.75, 3.05) is 13.2 Å². The summed E-state index contributed by atoms with van der Waals surface area (Å²) in [5, 5.41) is 21.7. The van der Waals surface area contributed by atoms with Crippen LogP contribution in [0.25, 0.3) is 22.2 Å². The first-order valence-electron chi connectivity index (χ1n) is 9.55. The molecule has 3 aromatic rings. The van der Waals surface area contributed by atoms with Crippen molar-refractivity contribution >= 4 is 16.8 Å². The van der Waals surface area contributed by atoms with Gasteiger partial charge >= 0.3 is 0 Å². The number of rotatable bonds is 8. The van der Waals surface area contributed by atoms with Crippen LogP contribution in [0.3, 0.4) is 0 Å². The van der Waals surface area contributed by atoms with Crippen LogP contribution in [-0.4, -0.2) is 39.9 Å². The maximum Gasteiger partial charge on any atom is 0.220 e. The molecule has 0 bridgehead atoms.